The summed E-state index contributed by atoms with van der Waals surface area (Å²) in [6, 6.07) is 8.13. The van der Waals surface area contributed by atoms with Gasteiger partial charge in [-0.25, -0.2) is 0 Å². The number of piperidine rings is 1. The molecule has 0 unspecified atom stereocenters. The zero-order chi connectivity index (χ0) is 15.8. The number of carbonyl (C=O) groups excluding carboxylic acids is 1. The second-order valence-corrected chi connectivity index (χ2v) is 6.19. The Morgan fingerprint density at radius 2 is 2.09 bits per heavy atom. The average Bonchev–Trinajstić information content (AvgIpc) is 2.55. The van der Waals surface area contributed by atoms with E-state index in [-0.39, 0.29) is 0 Å². The van der Waals surface area contributed by atoms with Crippen LogP contribution in [0.25, 0.3) is 0 Å². The van der Waals surface area contributed by atoms with Crippen molar-refractivity contribution in [1.82, 2.24) is 10.2 Å². The van der Waals surface area contributed by atoms with E-state index in [1.54, 1.807) is 7.11 Å². The first-order chi connectivity index (χ1) is 10.7. The predicted octanol–water partition coefficient (Wildman–Crippen LogP) is 2.48. The van der Waals surface area contributed by atoms with Gasteiger partial charge in [0.25, 0.3) is 0 Å². The number of nitrogens with zero attached hydrogens (tertiary/aromatic N) is 1. The molecule has 1 aliphatic rings. The summed E-state index contributed by atoms with van der Waals surface area (Å²) in [6.07, 6.45) is 3.98. The number of benzene rings is 1. The summed E-state index contributed by atoms with van der Waals surface area (Å²) >= 11 is 0. The molecule has 1 aromatic carbocycles. The van der Waals surface area contributed by atoms with E-state index in [0.717, 1.165) is 44.8 Å². The van der Waals surface area contributed by atoms with E-state index >= 15 is 0 Å². The number of likely N-dealkylation sites (tertiary alicyclic amines) is 1. The van der Waals surface area contributed by atoms with Gasteiger partial charge >= 0.3 is 0 Å². The molecule has 1 fully saturated rings. The molecule has 0 aromatic heterocycles. The molecule has 0 bridgehead atoms. The molecule has 1 amide bonds. The van der Waals surface area contributed by atoms with Crippen molar-refractivity contribution in [2.75, 3.05) is 33.3 Å². The van der Waals surface area contributed by atoms with Crippen molar-refractivity contribution in [3.63, 3.8) is 0 Å². The number of ether oxygens (including phenoxy) is 1. The number of hydrogen-bond acceptors (Lipinski definition) is 3. The van der Waals surface area contributed by atoms with E-state index in [2.05, 4.69) is 24.4 Å². The number of nitrogens with one attached hydrogen (secondary N) is 1. The van der Waals surface area contributed by atoms with Crippen LogP contribution in [0.4, 0.5) is 0 Å². The van der Waals surface area contributed by atoms with Crippen molar-refractivity contribution in [2.24, 2.45) is 5.92 Å². The summed E-state index contributed by atoms with van der Waals surface area (Å²) in [4.78, 5) is 14.1. The molecule has 1 N–H and O–H groups in total. The lowest BCUT2D eigenvalue weighted by molar-refractivity contribution is -0.132. The number of hydrogen-bond donors (Lipinski definition) is 1. The Kier molecular flexibility index (Phi) is 6.72. The third-order valence-electron chi connectivity index (χ3n) is 4.27. The fraction of sp³-hybridized carbons (Fsp3) is 0.611. The molecule has 0 radical (unpaired) electrons. The minimum atomic E-state index is 0.295. The van der Waals surface area contributed by atoms with Crippen molar-refractivity contribution >= 4 is 5.91 Å². The Hall–Kier alpha value is -1.55. The first-order valence-corrected chi connectivity index (χ1v) is 8.30. The van der Waals surface area contributed by atoms with Crippen LogP contribution in [-0.2, 0) is 11.2 Å². The van der Waals surface area contributed by atoms with Crippen molar-refractivity contribution in [3.8, 4) is 5.75 Å². The highest BCUT2D eigenvalue weighted by atomic mass is 16.5. The number of rotatable bonds is 7. The van der Waals surface area contributed by atoms with Crippen LogP contribution in [-0.4, -0.2) is 44.1 Å². The van der Waals surface area contributed by atoms with Gasteiger partial charge in [-0.05, 0) is 49.4 Å². The maximum atomic E-state index is 12.1. The Balaban J connectivity index is 1.59. The Bertz CT molecular complexity index is 459. The summed E-state index contributed by atoms with van der Waals surface area (Å²) in [7, 11) is 1.68. The number of amides is 1. The van der Waals surface area contributed by atoms with Crippen LogP contribution in [0, 0.1) is 5.92 Å². The Morgan fingerprint density at radius 3 is 2.77 bits per heavy atom. The van der Waals surface area contributed by atoms with Crippen LogP contribution < -0.4 is 10.1 Å². The topological polar surface area (TPSA) is 41.6 Å². The molecule has 1 atom stereocenters. The summed E-state index contributed by atoms with van der Waals surface area (Å²) < 4.78 is 5.15. The van der Waals surface area contributed by atoms with Crippen molar-refractivity contribution in [2.45, 2.75) is 32.6 Å². The van der Waals surface area contributed by atoms with E-state index in [4.69, 9.17) is 4.74 Å². The zero-order valence-corrected chi connectivity index (χ0v) is 13.8. The van der Waals surface area contributed by atoms with Crippen LogP contribution in [0.15, 0.2) is 24.3 Å². The van der Waals surface area contributed by atoms with Crippen molar-refractivity contribution in [3.05, 3.63) is 29.8 Å². The van der Waals surface area contributed by atoms with E-state index in [9.17, 15) is 4.79 Å². The number of carbonyl (C=O) groups is 1. The summed E-state index contributed by atoms with van der Waals surface area (Å²) in [5, 5.41) is 3.36. The third kappa shape index (κ3) is 5.34. The molecule has 122 valence electrons. The molecule has 0 spiro atoms. The largest absolute Gasteiger partial charge is 0.497 e. The van der Waals surface area contributed by atoms with Crippen LogP contribution in [0.5, 0.6) is 5.75 Å². The summed E-state index contributed by atoms with van der Waals surface area (Å²) in [5.74, 6) is 1.84. The molecular formula is C18H28N2O2. The van der Waals surface area contributed by atoms with Gasteiger partial charge in [-0.1, -0.05) is 19.1 Å². The lowest BCUT2D eigenvalue weighted by atomic mass is 10.00. The second-order valence-electron chi connectivity index (χ2n) is 6.19. The summed E-state index contributed by atoms with van der Waals surface area (Å²) in [6.45, 7) is 5.77. The molecule has 0 saturated carbocycles. The Morgan fingerprint density at radius 1 is 1.32 bits per heavy atom. The fourth-order valence-corrected chi connectivity index (χ4v) is 2.92. The van der Waals surface area contributed by atoms with Gasteiger partial charge in [0.15, 0.2) is 0 Å². The van der Waals surface area contributed by atoms with Gasteiger partial charge in [0.1, 0.15) is 5.75 Å². The lowest BCUT2D eigenvalue weighted by Crippen LogP contribution is -2.40. The first-order valence-electron chi connectivity index (χ1n) is 8.30. The smallest absolute Gasteiger partial charge is 0.223 e. The van der Waals surface area contributed by atoms with Gasteiger partial charge in [0, 0.05) is 26.1 Å². The first kappa shape index (κ1) is 16.8. The minimum absolute atomic E-state index is 0.295. The highest BCUT2D eigenvalue weighted by Gasteiger charge is 2.20. The van der Waals surface area contributed by atoms with Gasteiger partial charge < -0.3 is 15.0 Å². The van der Waals surface area contributed by atoms with Gasteiger partial charge in [0.2, 0.25) is 5.91 Å². The van der Waals surface area contributed by atoms with Gasteiger partial charge in [-0.3, -0.25) is 4.79 Å². The third-order valence-corrected chi connectivity index (χ3v) is 4.27. The summed E-state index contributed by atoms with van der Waals surface area (Å²) in [5.41, 5.74) is 1.28. The van der Waals surface area contributed by atoms with E-state index in [0.29, 0.717) is 18.2 Å². The molecule has 1 saturated heterocycles. The molecule has 1 aliphatic heterocycles. The molecule has 1 heterocycles. The monoisotopic (exact) mass is 304 g/mol. The maximum absolute atomic E-state index is 12.1. The highest BCUT2D eigenvalue weighted by Crippen LogP contribution is 2.16. The van der Waals surface area contributed by atoms with E-state index in [1.807, 2.05) is 17.0 Å². The average molecular weight is 304 g/mol. The van der Waals surface area contributed by atoms with E-state index in [1.165, 1.54) is 12.0 Å². The van der Waals surface area contributed by atoms with E-state index < -0.39 is 0 Å². The lowest BCUT2D eigenvalue weighted by Gasteiger charge is -2.31. The maximum Gasteiger partial charge on any atom is 0.223 e. The Labute approximate surface area is 133 Å². The molecule has 4 heteroatoms. The second kappa shape index (κ2) is 8.79. The highest BCUT2D eigenvalue weighted by molar-refractivity contribution is 5.76. The standard InChI is InChI=1S/C18H28N2O2/c1-15-4-3-13-20(14-15)18(21)10-12-19-11-9-16-5-7-17(22-2)8-6-16/h5-8,15,19H,3-4,9-14H2,1-2H3/t15-/m0/s1. The normalized spacial score (nSPS) is 18.3. The van der Waals surface area contributed by atoms with Crippen LogP contribution in [0.2, 0.25) is 0 Å². The van der Waals surface area contributed by atoms with Gasteiger partial charge in [0.05, 0.1) is 7.11 Å². The predicted molar refractivity (Wildman–Crippen MR) is 89.2 cm³/mol. The minimum Gasteiger partial charge on any atom is -0.497 e. The SMILES string of the molecule is COc1ccc(CCNCCC(=O)N2CCC[C@H](C)C2)cc1. The van der Waals surface area contributed by atoms with Gasteiger partial charge in [-0.2, -0.15) is 0 Å². The molecule has 0 aliphatic carbocycles. The molecule has 22 heavy (non-hydrogen) atoms. The fourth-order valence-electron chi connectivity index (χ4n) is 2.92. The number of methoxy groups -OCH3 is 1. The van der Waals surface area contributed by atoms with Gasteiger partial charge in [-0.15, -0.1) is 0 Å². The molecule has 1 aromatic rings. The molecular weight excluding hydrogens is 276 g/mol. The van der Waals surface area contributed by atoms with Crippen LogP contribution in [0.1, 0.15) is 31.7 Å². The van der Waals surface area contributed by atoms with Crippen LogP contribution >= 0.6 is 0 Å². The van der Waals surface area contributed by atoms with Crippen molar-refractivity contribution in [1.29, 1.82) is 0 Å². The molecule has 2 rings (SSSR count). The van der Waals surface area contributed by atoms with Crippen LogP contribution in [0.3, 0.4) is 0 Å². The quantitative estimate of drug-likeness (QED) is 0.787. The zero-order valence-electron chi connectivity index (χ0n) is 13.8. The van der Waals surface area contributed by atoms with Crippen molar-refractivity contribution < 1.29 is 9.53 Å². The molecule has 4 nitrogen and oxygen atoms in total.